The first kappa shape index (κ1) is 17.2. The van der Waals surface area contributed by atoms with Gasteiger partial charge in [0.2, 0.25) is 5.95 Å². The molecule has 5 rings (SSSR count). The van der Waals surface area contributed by atoms with E-state index in [-0.39, 0.29) is 17.3 Å². The third kappa shape index (κ3) is 2.84. The van der Waals surface area contributed by atoms with Crippen LogP contribution in [0.15, 0.2) is 46.4 Å². The van der Waals surface area contributed by atoms with E-state index in [1.807, 2.05) is 30.3 Å². The van der Waals surface area contributed by atoms with Crippen LogP contribution in [0.5, 0.6) is 0 Å². The Morgan fingerprint density at radius 1 is 0.964 bits per heavy atom. The first-order valence-electron chi connectivity index (χ1n) is 10.2. The zero-order chi connectivity index (χ0) is 19.1. The fourth-order valence-corrected chi connectivity index (χ4v) is 4.68. The van der Waals surface area contributed by atoms with Crippen LogP contribution in [0.2, 0.25) is 0 Å². The van der Waals surface area contributed by atoms with Crippen molar-refractivity contribution in [2.45, 2.75) is 44.4 Å². The Kier molecular flexibility index (Phi) is 4.26. The van der Waals surface area contributed by atoms with Crippen molar-refractivity contribution in [3.8, 4) is 0 Å². The van der Waals surface area contributed by atoms with E-state index >= 15 is 0 Å². The predicted octanol–water partition coefficient (Wildman–Crippen LogP) is 3.32. The summed E-state index contributed by atoms with van der Waals surface area (Å²) in [7, 11) is 0. The molecule has 1 aromatic heterocycles. The van der Waals surface area contributed by atoms with E-state index in [2.05, 4.69) is 15.2 Å². The summed E-state index contributed by atoms with van der Waals surface area (Å²) in [4.78, 5) is 36.0. The number of benzene rings is 1. The Balaban J connectivity index is 1.67. The summed E-state index contributed by atoms with van der Waals surface area (Å²) in [6.07, 6.45) is 5.64. The molecule has 0 amide bonds. The molecule has 2 N–H and O–H groups in total. The van der Waals surface area contributed by atoms with Gasteiger partial charge in [0.1, 0.15) is 5.82 Å². The van der Waals surface area contributed by atoms with E-state index in [0.29, 0.717) is 23.8 Å². The fourth-order valence-electron chi connectivity index (χ4n) is 4.68. The summed E-state index contributed by atoms with van der Waals surface area (Å²) in [5.41, 5.74) is 3.03. The van der Waals surface area contributed by atoms with Gasteiger partial charge in [-0.3, -0.25) is 14.6 Å². The summed E-state index contributed by atoms with van der Waals surface area (Å²) < 4.78 is 0. The van der Waals surface area contributed by atoms with Crippen LogP contribution in [0, 0.1) is 0 Å². The van der Waals surface area contributed by atoms with E-state index in [1.165, 1.54) is 6.42 Å². The molecule has 1 unspecified atom stereocenters. The molecule has 1 aliphatic carbocycles. The van der Waals surface area contributed by atoms with Gasteiger partial charge in [-0.1, -0.05) is 30.3 Å². The second kappa shape index (κ2) is 6.93. The third-order valence-corrected chi connectivity index (χ3v) is 6.03. The van der Waals surface area contributed by atoms with Crippen LogP contribution in [-0.2, 0) is 4.79 Å². The average Bonchev–Trinajstić information content (AvgIpc) is 2.73. The highest BCUT2D eigenvalue weighted by Crippen LogP contribution is 2.43. The molecule has 1 atom stereocenters. The van der Waals surface area contributed by atoms with Gasteiger partial charge in [-0.2, -0.15) is 4.98 Å². The van der Waals surface area contributed by atoms with Crippen molar-refractivity contribution >= 4 is 17.5 Å². The maximum Gasteiger partial charge on any atom is 0.258 e. The highest BCUT2D eigenvalue weighted by atomic mass is 16.1. The average molecular weight is 376 g/mol. The number of nitrogens with one attached hydrogen (secondary N) is 2. The van der Waals surface area contributed by atoms with E-state index in [9.17, 15) is 9.59 Å². The molecule has 1 fully saturated rings. The summed E-state index contributed by atoms with van der Waals surface area (Å²) in [5, 5.41) is 3.35. The van der Waals surface area contributed by atoms with Gasteiger partial charge >= 0.3 is 0 Å². The smallest absolute Gasteiger partial charge is 0.258 e. The van der Waals surface area contributed by atoms with Crippen LogP contribution in [-0.4, -0.2) is 28.8 Å². The summed E-state index contributed by atoms with van der Waals surface area (Å²) in [5.74, 6) is 1.01. The Morgan fingerprint density at radius 3 is 2.54 bits per heavy atom. The number of ketones is 1. The first-order chi connectivity index (χ1) is 13.7. The summed E-state index contributed by atoms with van der Waals surface area (Å²) in [6.45, 7) is 1.83. The van der Waals surface area contributed by atoms with Crippen LogP contribution in [0.4, 0.5) is 11.8 Å². The second-order valence-corrected chi connectivity index (χ2v) is 7.84. The lowest BCUT2D eigenvalue weighted by atomic mass is 9.76. The van der Waals surface area contributed by atoms with Crippen molar-refractivity contribution in [2.75, 3.05) is 23.3 Å². The van der Waals surface area contributed by atoms with Crippen molar-refractivity contribution in [3.05, 3.63) is 63.1 Å². The summed E-state index contributed by atoms with van der Waals surface area (Å²) >= 11 is 0. The molecule has 3 heterocycles. The SMILES string of the molecule is O=C1CCCC2=C1C(c1ccccc1)c1c(nc(N3CCCCC3)[nH]c1=O)N2. The molecule has 0 radical (unpaired) electrons. The molecule has 0 bridgehead atoms. The maximum atomic E-state index is 13.2. The van der Waals surface area contributed by atoms with E-state index in [4.69, 9.17) is 4.98 Å². The summed E-state index contributed by atoms with van der Waals surface area (Å²) in [6, 6.07) is 9.84. The number of hydrogen-bond acceptors (Lipinski definition) is 5. The third-order valence-electron chi connectivity index (χ3n) is 6.03. The molecule has 144 valence electrons. The van der Waals surface area contributed by atoms with Crippen LogP contribution < -0.4 is 15.8 Å². The highest BCUT2D eigenvalue weighted by molar-refractivity contribution is 6.00. The number of nitrogens with zero attached hydrogens (tertiary/aromatic N) is 2. The minimum absolute atomic E-state index is 0.132. The largest absolute Gasteiger partial charge is 0.343 e. The van der Waals surface area contributed by atoms with Crippen molar-refractivity contribution in [1.82, 2.24) is 9.97 Å². The number of anilines is 2. The number of piperidine rings is 1. The van der Waals surface area contributed by atoms with Gasteiger partial charge in [-0.15, -0.1) is 0 Å². The zero-order valence-electron chi connectivity index (χ0n) is 15.8. The molecule has 1 saturated heterocycles. The second-order valence-electron chi connectivity index (χ2n) is 7.84. The molecule has 0 spiro atoms. The maximum absolute atomic E-state index is 13.2. The van der Waals surface area contributed by atoms with E-state index in [0.717, 1.165) is 55.6 Å². The lowest BCUT2D eigenvalue weighted by Crippen LogP contribution is -2.36. The van der Waals surface area contributed by atoms with Gasteiger partial charge in [-0.05, 0) is 37.7 Å². The quantitative estimate of drug-likeness (QED) is 0.841. The van der Waals surface area contributed by atoms with Crippen molar-refractivity contribution in [2.24, 2.45) is 0 Å². The van der Waals surface area contributed by atoms with Gasteiger partial charge < -0.3 is 10.2 Å². The lowest BCUT2D eigenvalue weighted by molar-refractivity contribution is -0.116. The molecule has 2 aliphatic heterocycles. The van der Waals surface area contributed by atoms with E-state index in [1.54, 1.807) is 0 Å². The van der Waals surface area contributed by atoms with Crippen LogP contribution in [0.1, 0.15) is 55.6 Å². The molecule has 3 aliphatic rings. The molecule has 6 heteroatoms. The van der Waals surface area contributed by atoms with Crippen molar-refractivity contribution in [3.63, 3.8) is 0 Å². The number of allylic oxidation sites excluding steroid dienone is 2. The molecule has 28 heavy (non-hydrogen) atoms. The standard InChI is InChI=1S/C22H24N4O2/c27-16-11-7-10-15-18(16)17(14-8-3-1-4-9-14)19-20(23-15)24-22(25-21(19)28)26-12-5-2-6-13-26/h1,3-4,8-9,17H,2,5-7,10-13H2,(H2,23,24,25,28). The fraction of sp³-hybridized carbons (Fsp3) is 0.409. The number of rotatable bonds is 2. The van der Waals surface area contributed by atoms with E-state index < -0.39 is 0 Å². The van der Waals surface area contributed by atoms with Gasteiger partial charge in [0.15, 0.2) is 5.78 Å². The van der Waals surface area contributed by atoms with Gasteiger partial charge in [-0.25, -0.2) is 0 Å². The Hall–Kier alpha value is -2.89. The topological polar surface area (TPSA) is 78.1 Å². The van der Waals surface area contributed by atoms with Gasteiger partial charge in [0.05, 0.1) is 5.56 Å². The molecule has 6 nitrogen and oxygen atoms in total. The number of Topliss-reactive ketones (excluding diaryl/α,β-unsaturated/α-hetero) is 1. The zero-order valence-corrected chi connectivity index (χ0v) is 15.8. The number of fused-ring (bicyclic) bond motifs is 1. The highest BCUT2D eigenvalue weighted by Gasteiger charge is 2.38. The Bertz CT molecular complexity index is 1000. The van der Waals surface area contributed by atoms with Crippen molar-refractivity contribution < 1.29 is 4.79 Å². The van der Waals surface area contributed by atoms with Crippen LogP contribution in [0.3, 0.4) is 0 Å². The van der Waals surface area contributed by atoms with Crippen molar-refractivity contribution in [1.29, 1.82) is 0 Å². The minimum Gasteiger partial charge on any atom is -0.343 e. The monoisotopic (exact) mass is 376 g/mol. The number of carbonyl (C=O) groups excluding carboxylic acids is 1. The number of carbonyl (C=O) groups is 1. The Morgan fingerprint density at radius 2 is 1.75 bits per heavy atom. The molecule has 1 aromatic carbocycles. The van der Waals surface area contributed by atoms with Gasteiger partial charge in [0.25, 0.3) is 5.56 Å². The number of aromatic nitrogens is 2. The normalized spacial score (nSPS) is 21.8. The predicted molar refractivity (Wildman–Crippen MR) is 109 cm³/mol. The molecular formula is C22H24N4O2. The molecule has 0 saturated carbocycles. The molecular weight excluding hydrogens is 352 g/mol. The minimum atomic E-state index is -0.355. The van der Waals surface area contributed by atoms with Crippen LogP contribution in [0.25, 0.3) is 0 Å². The molecule has 2 aromatic rings. The van der Waals surface area contributed by atoms with Crippen LogP contribution >= 0.6 is 0 Å². The van der Waals surface area contributed by atoms with Gasteiger partial charge in [0, 0.05) is 36.7 Å². The number of aromatic amines is 1. The Labute approximate surface area is 163 Å². The lowest BCUT2D eigenvalue weighted by Gasteiger charge is -2.34. The number of H-pyrrole nitrogens is 1. The number of hydrogen-bond donors (Lipinski definition) is 2. The first-order valence-corrected chi connectivity index (χ1v) is 10.2.